The van der Waals surface area contributed by atoms with Crippen molar-refractivity contribution in [3.05, 3.63) is 55.8 Å². The molecule has 162 valence electrons. The highest BCUT2D eigenvalue weighted by Crippen LogP contribution is 2.27. The molecule has 3 rings (SSSR count). The smallest absolute Gasteiger partial charge is 0.270 e. The van der Waals surface area contributed by atoms with Gasteiger partial charge in [-0.15, -0.1) is 11.3 Å². The summed E-state index contributed by atoms with van der Waals surface area (Å²) in [7, 11) is -3.85. The van der Waals surface area contributed by atoms with E-state index in [4.69, 9.17) is 0 Å². The number of nitro groups is 1. The summed E-state index contributed by atoms with van der Waals surface area (Å²) in [6.07, 6.45) is 2.86. The van der Waals surface area contributed by atoms with Crippen molar-refractivity contribution in [3.63, 3.8) is 0 Å². The number of benzene rings is 1. The molecular formula is C20H25N3O5S2. The fourth-order valence-corrected chi connectivity index (χ4v) is 6.29. The second-order valence-corrected chi connectivity index (χ2v) is 10.2. The van der Waals surface area contributed by atoms with Crippen LogP contribution in [0.3, 0.4) is 0 Å². The van der Waals surface area contributed by atoms with Gasteiger partial charge in [0.15, 0.2) is 0 Å². The second-order valence-electron chi connectivity index (χ2n) is 7.11. The number of hydrogen-bond donors (Lipinski definition) is 0. The molecule has 2 aromatic rings. The summed E-state index contributed by atoms with van der Waals surface area (Å²) in [5.74, 6) is -0.0653. The zero-order chi connectivity index (χ0) is 21.9. The zero-order valence-corrected chi connectivity index (χ0v) is 18.7. The number of piperazine rings is 1. The molecule has 0 spiro atoms. The number of sulfonamides is 1. The SMILES string of the molecule is CCCc1sc(C(=O)N2CCN(S(=O)(=O)c3cccc([N+](=O)[O-])c3)CC2)cc1CC. The van der Waals surface area contributed by atoms with E-state index >= 15 is 0 Å². The maximum atomic E-state index is 12.9. The van der Waals surface area contributed by atoms with Gasteiger partial charge in [-0.2, -0.15) is 4.31 Å². The molecule has 1 aliphatic rings. The molecule has 0 aliphatic carbocycles. The Morgan fingerprint density at radius 2 is 1.87 bits per heavy atom. The van der Waals surface area contributed by atoms with Crippen LogP contribution in [0.5, 0.6) is 0 Å². The molecule has 0 bridgehead atoms. The van der Waals surface area contributed by atoms with E-state index in [1.165, 1.54) is 44.3 Å². The maximum Gasteiger partial charge on any atom is 0.270 e. The summed E-state index contributed by atoms with van der Waals surface area (Å²) in [5, 5.41) is 11.0. The van der Waals surface area contributed by atoms with Crippen LogP contribution in [-0.4, -0.2) is 54.6 Å². The monoisotopic (exact) mass is 451 g/mol. The van der Waals surface area contributed by atoms with E-state index in [0.29, 0.717) is 4.88 Å². The number of nitrogens with zero attached hydrogens (tertiary/aromatic N) is 3. The third kappa shape index (κ3) is 4.55. The van der Waals surface area contributed by atoms with E-state index in [1.807, 2.05) is 6.07 Å². The quantitative estimate of drug-likeness (QED) is 0.475. The molecule has 0 unspecified atom stereocenters. The standard InChI is InChI=1S/C20H25N3O5S2/c1-3-6-18-15(4-2)13-19(29-18)20(24)21-9-11-22(12-10-21)30(27,28)17-8-5-7-16(14-17)23(25)26/h5,7-8,13-14H,3-4,6,9-12H2,1-2H3. The normalized spacial score (nSPS) is 15.3. The number of thiophene rings is 1. The van der Waals surface area contributed by atoms with Crippen molar-refractivity contribution in [2.45, 2.75) is 38.0 Å². The summed E-state index contributed by atoms with van der Waals surface area (Å²) < 4.78 is 27.0. The fraction of sp³-hybridized carbons (Fsp3) is 0.450. The zero-order valence-electron chi connectivity index (χ0n) is 17.0. The van der Waals surface area contributed by atoms with E-state index < -0.39 is 14.9 Å². The molecule has 8 nitrogen and oxygen atoms in total. The fourth-order valence-electron chi connectivity index (χ4n) is 3.50. The van der Waals surface area contributed by atoms with Crippen LogP contribution in [0.4, 0.5) is 5.69 Å². The van der Waals surface area contributed by atoms with E-state index in [1.54, 1.807) is 4.90 Å². The number of carbonyl (C=O) groups is 1. The van der Waals surface area contributed by atoms with Gasteiger partial charge in [0, 0.05) is 43.2 Å². The minimum atomic E-state index is -3.85. The molecule has 1 aromatic carbocycles. The summed E-state index contributed by atoms with van der Waals surface area (Å²) in [6.45, 7) is 5.08. The van der Waals surface area contributed by atoms with Crippen LogP contribution in [0.2, 0.25) is 0 Å². The van der Waals surface area contributed by atoms with Gasteiger partial charge in [-0.1, -0.05) is 26.3 Å². The number of nitro benzene ring substituents is 1. The molecular weight excluding hydrogens is 426 g/mol. The Labute approximate surface area is 180 Å². The Hall–Kier alpha value is -2.30. The number of aryl methyl sites for hydroxylation is 2. The first-order valence-electron chi connectivity index (χ1n) is 9.93. The summed E-state index contributed by atoms with van der Waals surface area (Å²) in [6, 6.07) is 7.01. The first-order valence-corrected chi connectivity index (χ1v) is 12.2. The third-order valence-corrected chi connectivity index (χ3v) is 8.28. The van der Waals surface area contributed by atoms with Crippen molar-refractivity contribution in [1.29, 1.82) is 0 Å². The van der Waals surface area contributed by atoms with Crippen LogP contribution in [0.15, 0.2) is 35.2 Å². The van der Waals surface area contributed by atoms with Crippen molar-refractivity contribution in [1.82, 2.24) is 9.21 Å². The number of hydrogen-bond acceptors (Lipinski definition) is 6. The predicted molar refractivity (Wildman–Crippen MR) is 115 cm³/mol. The van der Waals surface area contributed by atoms with Crippen LogP contribution in [0.1, 0.15) is 40.4 Å². The molecule has 30 heavy (non-hydrogen) atoms. The molecule has 1 saturated heterocycles. The van der Waals surface area contributed by atoms with Gasteiger partial charge < -0.3 is 4.90 Å². The lowest BCUT2D eigenvalue weighted by Crippen LogP contribution is -2.50. The van der Waals surface area contributed by atoms with Crippen LogP contribution in [0.25, 0.3) is 0 Å². The summed E-state index contributed by atoms with van der Waals surface area (Å²) >= 11 is 1.53. The summed E-state index contributed by atoms with van der Waals surface area (Å²) in [4.78, 5) is 26.8. The lowest BCUT2D eigenvalue weighted by Gasteiger charge is -2.33. The molecule has 0 radical (unpaired) electrons. The van der Waals surface area contributed by atoms with E-state index in [2.05, 4.69) is 13.8 Å². The highest BCUT2D eigenvalue weighted by molar-refractivity contribution is 7.89. The van der Waals surface area contributed by atoms with Crippen LogP contribution < -0.4 is 0 Å². The molecule has 10 heteroatoms. The van der Waals surface area contributed by atoms with Gasteiger partial charge >= 0.3 is 0 Å². The first kappa shape index (κ1) is 22.4. The molecule has 2 heterocycles. The number of non-ortho nitro benzene ring substituents is 1. The van der Waals surface area contributed by atoms with E-state index in [0.717, 1.165) is 25.3 Å². The predicted octanol–water partition coefficient (Wildman–Crippen LogP) is 3.32. The minimum absolute atomic E-state index is 0.0653. The number of carbonyl (C=O) groups excluding carboxylic acids is 1. The molecule has 1 aliphatic heterocycles. The molecule has 0 atom stereocenters. The molecule has 0 N–H and O–H groups in total. The molecule has 1 aromatic heterocycles. The van der Waals surface area contributed by atoms with E-state index in [9.17, 15) is 23.3 Å². The third-order valence-electron chi connectivity index (χ3n) is 5.16. The van der Waals surface area contributed by atoms with Crippen molar-refractivity contribution >= 4 is 33.0 Å². The number of amides is 1. The molecule has 1 fully saturated rings. The maximum absolute atomic E-state index is 12.9. The lowest BCUT2D eigenvalue weighted by molar-refractivity contribution is -0.385. The van der Waals surface area contributed by atoms with Gasteiger partial charge in [0.25, 0.3) is 11.6 Å². The van der Waals surface area contributed by atoms with Gasteiger partial charge in [0.2, 0.25) is 10.0 Å². The van der Waals surface area contributed by atoms with Crippen molar-refractivity contribution in [2.24, 2.45) is 0 Å². The van der Waals surface area contributed by atoms with Crippen molar-refractivity contribution in [2.75, 3.05) is 26.2 Å². The van der Waals surface area contributed by atoms with Gasteiger partial charge in [0.1, 0.15) is 0 Å². The van der Waals surface area contributed by atoms with Crippen molar-refractivity contribution in [3.8, 4) is 0 Å². The Kier molecular flexibility index (Phi) is 6.89. The van der Waals surface area contributed by atoms with Gasteiger partial charge in [-0.3, -0.25) is 14.9 Å². The van der Waals surface area contributed by atoms with Crippen LogP contribution >= 0.6 is 11.3 Å². The largest absolute Gasteiger partial charge is 0.335 e. The highest BCUT2D eigenvalue weighted by atomic mass is 32.2. The number of rotatable bonds is 7. The van der Waals surface area contributed by atoms with Crippen molar-refractivity contribution < 1.29 is 18.1 Å². The van der Waals surface area contributed by atoms with Gasteiger partial charge in [0.05, 0.1) is 14.7 Å². The highest BCUT2D eigenvalue weighted by Gasteiger charge is 2.31. The van der Waals surface area contributed by atoms with Gasteiger partial charge in [-0.25, -0.2) is 8.42 Å². The average Bonchev–Trinajstić information content (AvgIpc) is 3.16. The first-order chi connectivity index (χ1) is 14.3. The van der Waals surface area contributed by atoms with Gasteiger partial charge in [-0.05, 0) is 30.5 Å². The second kappa shape index (κ2) is 9.23. The summed E-state index contributed by atoms with van der Waals surface area (Å²) in [5.41, 5.74) is 0.939. The Morgan fingerprint density at radius 3 is 2.47 bits per heavy atom. The molecule has 0 saturated carbocycles. The van der Waals surface area contributed by atoms with E-state index in [-0.39, 0.29) is 42.7 Å². The average molecular weight is 452 g/mol. The topological polar surface area (TPSA) is 101 Å². The van der Waals surface area contributed by atoms with Crippen LogP contribution in [0, 0.1) is 10.1 Å². The Morgan fingerprint density at radius 1 is 1.17 bits per heavy atom. The lowest BCUT2D eigenvalue weighted by atomic mass is 10.1. The Balaban J connectivity index is 1.70. The van der Waals surface area contributed by atoms with Crippen LogP contribution in [-0.2, 0) is 22.9 Å². The molecule has 1 amide bonds. The minimum Gasteiger partial charge on any atom is -0.335 e. The Bertz CT molecular complexity index is 1040.